The highest BCUT2D eigenvalue weighted by atomic mass is 32.1. The first-order valence-corrected chi connectivity index (χ1v) is 7.20. The quantitative estimate of drug-likeness (QED) is 0.824. The Balaban J connectivity index is 1.93. The fourth-order valence-corrected chi connectivity index (χ4v) is 2.72. The van der Waals surface area contributed by atoms with Crippen molar-refractivity contribution in [2.45, 2.75) is 13.0 Å². The van der Waals surface area contributed by atoms with Gasteiger partial charge in [-0.2, -0.15) is 0 Å². The summed E-state index contributed by atoms with van der Waals surface area (Å²) in [6.07, 6.45) is 1.09. The third-order valence-corrected chi connectivity index (χ3v) is 4.01. The zero-order chi connectivity index (χ0) is 13.7. The number of hydrogen-bond acceptors (Lipinski definition) is 4. The average Bonchev–Trinajstić information content (AvgIpc) is 2.91. The first-order chi connectivity index (χ1) is 9.19. The molecule has 0 aliphatic heterocycles. The van der Waals surface area contributed by atoms with Crippen molar-refractivity contribution >= 4 is 17.0 Å². The molecule has 0 radical (unpaired) electrons. The minimum absolute atomic E-state index is 0.738. The first kappa shape index (κ1) is 13.9. The lowest BCUT2D eigenvalue weighted by atomic mass is 10.1. The maximum absolute atomic E-state index is 5.76. The fraction of sp³-hybridized carbons (Fsp3) is 0.333. The number of anilines is 1. The van der Waals surface area contributed by atoms with Crippen molar-refractivity contribution < 1.29 is 4.74 Å². The molecule has 1 heterocycles. The number of likely N-dealkylation sites (N-methyl/N-ethyl adjacent to an activating group) is 1. The van der Waals surface area contributed by atoms with Gasteiger partial charge in [0.05, 0.1) is 7.11 Å². The van der Waals surface area contributed by atoms with Gasteiger partial charge in [0.15, 0.2) is 0 Å². The SMILES string of the molecule is COc1cc(N)ccc1CN(C)CCc1cccs1. The normalized spacial score (nSPS) is 10.9. The summed E-state index contributed by atoms with van der Waals surface area (Å²) in [5.41, 5.74) is 7.67. The molecule has 2 aromatic rings. The summed E-state index contributed by atoms with van der Waals surface area (Å²) in [7, 11) is 3.81. The standard InChI is InChI=1S/C15H20N2OS/c1-17(8-7-14-4-3-9-19-14)11-12-5-6-13(16)10-15(12)18-2/h3-6,9-10H,7-8,11,16H2,1-2H3. The number of nitrogens with two attached hydrogens (primary N) is 1. The van der Waals surface area contributed by atoms with Gasteiger partial charge < -0.3 is 15.4 Å². The first-order valence-electron chi connectivity index (χ1n) is 6.32. The number of nitrogens with zero attached hydrogens (tertiary/aromatic N) is 1. The van der Waals surface area contributed by atoms with Gasteiger partial charge in [0.1, 0.15) is 5.75 Å². The lowest BCUT2D eigenvalue weighted by Crippen LogP contribution is -2.20. The van der Waals surface area contributed by atoms with E-state index in [-0.39, 0.29) is 0 Å². The van der Waals surface area contributed by atoms with Crippen molar-refractivity contribution in [1.82, 2.24) is 4.90 Å². The van der Waals surface area contributed by atoms with Crippen LogP contribution in [0.4, 0.5) is 5.69 Å². The molecule has 0 saturated heterocycles. The summed E-state index contributed by atoms with van der Waals surface area (Å²) in [5.74, 6) is 0.864. The third kappa shape index (κ3) is 3.98. The molecular weight excluding hydrogens is 256 g/mol. The summed E-state index contributed by atoms with van der Waals surface area (Å²) in [5, 5.41) is 2.12. The number of benzene rings is 1. The molecule has 0 unspecified atom stereocenters. The number of hydrogen-bond donors (Lipinski definition) is 1. The summed E-state index contributed by atoms with van der Waals surface area (Å²) in [6.45, 7) is 1.91. The monoisotopic (exact) mass is 276 g/mol. The van der Waals surface area contributed by atoms with Gasteiger partial charge in [-0.25, -0.2) is 0 Å². The van der Waals surface area contributed by atoms with Crippen LogP contribution in [0.25, 0.3) is 0 Å². The molecule has 1 aromatic heterocycles. The van der Waals surface area contributed by atoms with E-state index in [1.165, 1.54) is 10.4 Å². The number of thiophene rings is 1. The Hall–Kier alpha value is -1.52. The third-order valence-electron chi connectivity index (χ3n) is 3.07. The Morgan fingerprint density at radius 3 is 2.84 bits per heavy atom. The van der Waals surface area contributed by atoms with Crippen molar-refractivity contribution in [3.8, 4) is 5.75 Å². The zero-order valence-electron chi connectivity index (χ0n) is 11.4. The summed E-state index contributed by atoms with van der Waals surface area (Å²) in [4.78, 5) is 3.73. The van der Waals surface area contributed by atoms with Gasteiger partial charge in [0.2, 0.25) is 0 Å². The van der Waals surface area contributed by atoms with E-state index in [9.17, 15) is 0 Å². The van der Waals surface area contributed by atoms with Gasteiger partial charge >= 0.3 is 0 Å². The molecule has 1 aromatic carbocycles. The van der Waals surface area contributed by atoms with Gasteiger partial charge in [0.25, 0.3) is 0 Å². The molecule has 0 aliphatic rings. The van der Waals surface area contributed by atoms with Crippen LogP contribution in [0.2, 0.25) is 0 Å². The van der Waals surface area contributed by atoms with Crippen LogP contribution in [0.3, 0.4) is 0 Å². The molecule has 2 N–H and O–H groups in total. The second-order valence-electron chi connectivity index (χ2n) is 4.64. The highest BCUT2D eigenvalue weighted by molar-refractivity contribution is 7.09. The van der Waals surface area contributed by atoms with Crippen molar-refractivity contribution in [2.75, 3.05) is 26.4 Å². The van der Waals surface area contributed by atoms with E-state index >= 15 is 0 Å². The van der Waals surface area contributed by atoms with Crippen molar-refractivity contribution in [3.05, 3.63) is 46.2 Å². The van der Waals surface area contributed by atoms with Crippen LogP contribution >= 0.6 is 11.3 Å². The Labute approximate surface area is 118 Å². The Kier molecular flexibility index (Phi) is 4.82. The Morgan fingerprint density at radius 2 is 2.16 bits per heavy atom. The van der Waals surface area contributed by atoms with E-state index < -0.39 is 0 Å². The maximum atomic E-state index is 5.76. The predicted octanol–water partition coefficient (Wildman–Crippen LogP) is 3.01. The number of ether oxygens (including phenoxy) is 1. The van der Waals surface area contributed by atoms with E-state index in [2.05, 4.69) is 29.5 Å². The molecular formula is C15H20N2OS. The van der Waals surface area contributed by atoms with E-state index in [0.717, 1.165) is 30.9 Å². The number of rotatable bonds is 6. The van der Waals surface area contributed by atoms with Crippen LogP contribution in [0.5, 0.6) is 5.75 Å². The lowest BCUT2D eigenvalue weighted by molar-refractivity contribution is 0.322. The van der Waals surface area contributed by atoms with Crippen LogP contribution < -0.4 is 10.5 Å². The maximum Gasteiger partial charge on any atom is 0.125 e. The molecule has 0 bridgehead atoms. The van der Waals surface area contributed by atoms with E-state index in [1.54, 1.807) is 7.11 Å². The van der Waals surface area contributed by atoms with Gasteiger partial charge in [0, 0.05) is 35.3 Å². The summed E-state index contributed by atoms with van der Waals surface area (Å²) >= 11 is 1.81. The molecule has 4 heteroatoms. The topological polar surface area (TPSA) is 38.5 Å². The average molecular weight is 276 g/mol. The molecule has 0 fully saturated rings. The van der Waals surface area contributed by atoms with Crippen molar-refractivity contribution in [3.63, 3.8) is 0 Å². The number of nitrogen functional groups attached to an aromatic ring is 1. The molecule has 2 rings (SSSR count). The minimum atomic E-state index is 0.738. The second-order valence-corrected chi connectivity index (χ2v) is 5.67. The highest BCUT2D eigenvalue weighted by Crippen LogP contribution is 2.22. The van der Waals surface area contributed by atoms with E-state index in [0.29, 0.717) is 0 Å². The fourth-order valence-electron chi connectivity index (χ4n) is 2.02. The van der Waals surface area contributed by atoms with Crippen LogP contribution in [0.15, 0.2) is 35.7 Å². The molecule has 0 saturated carbocycles. The van der Waals surface area contributed by atoms with Crippen LogP contribution in [0, 0.1) is 0 Å². The number of methoxy groups -OCH3 is 1. The highest BCUT2D eigenvalue weighted by Gasteiger charge is 2.07. The smallest absolute Gasteiger partial charge is 0.125 e. The van der Waals surface area contributed by atoms with Gasteiger partial charge in [-0.3, -0.25) is 0 Å². The molecule has 0 aliphatic carbocycles. The van der Waals surface area contributed by atoms with Crippen molar-refractivity contribution in [1.29, 1.82) is 0 Å². The van der Waals surface area contributed by atoms with Crippen molar-refractivity contribution in [2.24, 2.45) is 0 Å². The van der Waals surface area contributed by atoms with Gasteiger partial charge in [-0.15, -0.1) is 11.3 Å². The Bertz CT molecular complexity index is 511. The Morgan fingerprint density at radius 1 is 1.32 bits per heavy atom. The van der Waals surface area contributed by atoms with Gasteiger partial charge in [-0.1, -0.05) is 12.1 Å². The van der Waals surface area contributed by atoms with Crippen LogP contribution in [0.1, 0.15) is 10.4 Å². The van der Waals surface area contributed by atoms with E-state index in [1.807, 2.05) is 29.5 Å². The molecule has 0 spiro atoms. The minimum Gasteiger partial charge on any atom is -0.496 e. The molecule has 3 nitrogen and oxygen atoms in total. The van der Waals surface area contributed by atoms with E-state index in [4.69, 9.17) is 10.5 Å². The molecule has 0 atom stereocenters. The molecule has 19 heavy (non-hydrogen) atoms. The lowest BCUT2D eigenvalue weighted by Gasteiger charge is -2.18. The summed E-state index contributed by atoms with van der Waals surface area (Å²) < 4.78 is 5.37. The van der Waals surface area contributed by atoms with Crippen LogP contribution in [-0.2, 0) is 13.0 Å². The largest absolute Gasteiger partial charge is 0.496 e. The van der Waals surface area contributed by atoms with Gasteiger partial charge in [-0.05, 0) is 31.0 Å². The second kappa shape index (κ2) is 6.59. The summed E-state index contributed by atoms with van der Waals surface area (Å²) in [6, 6.07) is 10.1. The molecule has 0 amide bonds. The zero-order valence-corrected chi connectivity index (χ0v) is 12.2. The van der Waals surface area contributed by atoms with Crippen LogP contribution in [-0.4, -0.2) is 25.6 Å². The molecule has 102 valence electrons. The predicted molar refractivity (Wildman–Crippen MR) is 81.8 cm³/mol.